The van der Waals surface area contributed by atoms with Crippen LogP contribution < -0.4 is 15.2 Å². The molecule has 1 nitrogen and oxygen atoms in total. The first kappa shape index (κ1) is 20.0. The van der Waals surface area contributed by atoms with Gasteiger partial charge in [0.15, 0.2) is 0 Å². The summed E-state index contributed by atoms with van der Waals surface area (Å²) in [5.41, 5.74) is 1.38. The van der Waals surface area contributed by atoms with E-state index in [2.05, 4.69) is 60.7 Å². The summed E-state index contributed by atoms with van der Waals surface area (Å²) in [6.07, 6.45) is 8.99. The highest BCUT2D eigenvalue weighted by Gasteiger charge is 2.01. The second-order valence-electron chi connectivity index (χ2n) is 5.18. The maximum atomic E-state index is 5.97. The van der Waals surface area contributed by atoms with Crippen molar-refractivity contribution in [2.45, 2.75) is 53.4 Å². The number of fused-ring (bicyclic) bond motifs is 1. The topological polar surface area (TPSA) is 9.23 Å². The lowest BCUT2D eigenvalue weighted by Gasteiger charge is -2.09. The minimum Gasteiger partial charge on any atom is -0.493 e. The molecule has 2 aromatic carbocycles. The number of aryl methyl sites for hydroxylation is 1. The Balaban J connectivity index is 0.000000671. The zero-order valence-electron chi connectivity index (χ0n) is 15.7. The highest BCUT2D eigenvalue weighted by molar-refractivity contribution is 5.43. The van der Waals surface area contributed by atoms with E-state index >= 15 is 0 Å². The van der Waals surface area contributed by atoms with E-state index in [4.69, 9.17) is 4.74 Å². The Labute approximate surface area is 147 Å². The minimum atomic E-state index is 0.777. The molecule has 0 unspecified atom stereocenters. The van der Waals surface area contributed by atoms with Crippen molar-refractivity contribution in [3.05, 3.63) is 64.5 Å². The summed E-state index contributed by atoms with van der Waals surface area (Å²) in [4.78, 5) is 0. The van der Waals surface area contributed by atoms with Crippen LogP contribution in [0.2, 0.25) is 0 Å². The third-order valence-electron chi connectivity index (χ3n) is 3.69. The molecule has 3 rings (SSSR count). The highest BCUT2D eigenvalue weighted by Crippen LogP contribution is 2.07. The van der Waals surface area contributed by atoms with Gasteiger partial charge in [-0.2, -0.15) is 0 Å². The van der Waals surface area contributed by atoms with E-state index in [9.17, 15) is 0 Å². The van der Waals surface area contributed by atoms with Gasteiger partial charge in [-0.1, -0.05) is 82.3 Å². The van der Waals surface area contributed by atoms with Gasteiger partial charge in [-0.05, 0) is 42.5 Å². The van der Waals surface area contributed by atoms with E-state index in [1.54, 1.807) is 0 Å². The predicted molar refractivity (Wildman–Crippen MR) is 107 cm³/mol. The van der Waals surface area contributed by atoms with Crippen LogP contribution in [0.4, 0.5) is 0 Å². The molecular weight excluding hydrogens is 292 g/mol. The van der Waals surface area contributed by atoms with Gasteiger partial charge in [0.05, 0.1) is 6.61 Å². The van der Waals surface area contributed by atoms with Gasteiger partial charge in [-0.3, -0.25) is 0 Å². The maximum Gasteiger partial charge on any atom is 0.126 e. The van der Waals surface area contributed by atoms with Gasteiger partial charge in [0, 0.05) is 5.22 Å². The number of hydrogen-bond acceptors (Lipinski definition) is 1. The van der Waals surface area contributed by atoms with Gasteiger partial charge in [0.1, 0.15) is 5.75 Å². The standard InChI is InChI=1S/C19H20O.2C2H6/c1-2-8-16(9-3-1)10-7-15-20-19-14-6-12-17-11-4-5-13-18(17)19;2*1-2/h1-3,6,8-9,11-14H,4-5,7,10,15H2;2*1-2H3. The Morgan fingerprint density at radius 3 is 2.25 bits per heavy atom. The monoisotopic (exact) mass is 324 g/mol. The Morgan fingerprint density at radius 1 is 0.792 bits per heavy atom. The summed E-state index contributed by atoms with van der Waals surface area (Å²) in [6, 6.07) is 16.9. The van der Waals surface area contributed by atoms with E-state index in [1.165, 1.54) is 16.0 Å². The van der Waals surface area contributed by atoms with E-state index in [0.717, 1.165) is 38.0 Å². The molecule has 0 N–H and O–H groups in total. The third-order valence-corrected chi connectivity index (χ3v) is 3.69. The van der Waals surface area contributed by atoms with Crippen molar-refractivity contribution >= 4 is 12.2 Å². The van der Waals surface area contributed by atoms with Crippen LogP contribution in [0, 0.1) is 0 Å². The fourth-order valence-corrected chi connectivity index (χ4v) is 2.65. The van der Waals surface area contributed by atoms with Gasteiger partial charge in [0.25, 0.3) is 0 Å². The van der Waals surface area contributed by atoms with Crippen LogP contribution in [0.15, 0.2) is 48.5 Å². The molecular formula is C23H32O. The molecule has 24 heavy (non-hydrogen) atoms. The van der Waals surface area contributed by atoms with Crippen molar-refractivity contribution in [2.24, 2.45) is 0 Å². The van der Waals surface area contributed by atoms with E-state index in [1.807, 2.05) is 27.7 Å². The SMILES string of the molecule is C1=c2cccc(OCCCc3ccccc3)c2=CCC1.CC.CC. The van der Waals surface area contributed by atoms with Crippen molar-refractivity contribution in [1.82, 2.24) is 0 Å². The van der Waals surface area contributed by atoms with Crippen molar-refractivity contribution < 1.29 is 4.74 Å². The average molecular weight is 325 g/mol. The van der Waals surface area contributed by atoms with Crippen LogP contribution in [0.3, 0.4) is 0 Å². The smallest absolute Gasteiger partial charge is 0.126 e. The largest absolute Gasteiger partial charge is 0.493 e. The first-order chi connectivity index (χ1) is 11.9. The molecule has 1 aliphatic carbocycles. The number of ether oxygens (including phenoxy) is 1. The molecule has 0 fully saturated rings. The summed E-state index contributed by atoms with van der Waals surface area (Å²) in [7, 11) is 0. The van der Waals surface area contributed by atoms with Gasteiger partial charge < -0.3 is 4.74 Å². The molecule has 2 aromatic rings. The molecule has 0 bridgehead atoms. The van der Waals surface area contributed by atoms with E-state index in [-0.39, 0.29) is 0 Å². The van der Waals surface area contributed by atoms with Crippen LogP contribution in [0.5, 0.6) is 5.75 Å². The molecule has 1 aliphatic rings. The van der Waals surface area contributed by atoms with Gasteiger partial charge in [0.2, 0.25) is 0 Å². The Morgan fingerprint density at radius 2 is 1.50 bits per heavy atom. The quantitative estimate of drug-likeness (QED) is 0.695. The predicted octanol–water partition coefficient (Wildman–Crippen LogP) is 5.11. The summed E-state index contributed by atoms with van der Waals surface area (Å²) in [6.45, 7) is 8.78. The molecule has 0 spiro atoms. The van der Waals surface area contributed by atoms with Crippen LogP contribution in [0.1, 0.15) is 52.5 Å². The number of rotatable bonds is 5. The molecule has 0 heterocycles. The van der Waals surface area contributed by atoms with Crippen LogP contribution in [-0.4, -0.2) is 6.61 Å². The zero-order chi connectivity index (χ0) is 17.6. The van der Waals surface area contributed by atoms with E-state index < -0.39 is 0 Å². The molecule has 0 saturated carbocycles. The summed E-state index contributed by atoms with van der Waals surface area (Å²) < 4.78 is 5.97. The van der Waals surface area contributed by atoms with Gasteiger partial charge in [-0.25, -0.2) is 0 Å². The molecule has 130 valence electrons. The second-order valence-corrected chi connectivity index (χ2v) is 5.18. The summed E-state index contributed by atoms with van der Waals surface area (Å²) >= 11 is 0. The Hall–Kier alpha value is -2.02. The molecule has 1 heteroatoms. The Bertz CT molecular complexity index is 671. The summed E-state index contributed by atoms with van der Waals surface area (Å²) in [5.74, 6) is 1.03. The normalized spacial score (nSPS) is 11.3. The third kappa shape index (κ3) is 6.23. The van der Waals surface area contributed by atoms with E-state index in [0.29, 0.717) is 0 Å². The molecule has 0 saturated heterocycles. The molecule has 0 radical (unpaired) electrons. The summed E-state index contributed by atoms with van der Waals surface area (Å²) in [5, 5.41) is 2.59. The fraction of sp³-hybridized carbons (Fsp3) is 0.391. The second kappa shape index (κ2) is 12.4. The first-order valence-electron chi connectivity index (χ1n) is 9.39. The first-order valence-corrected chi connectivity index (χ1v) is 9.39. The molecule has 0 amide bonds. The number of hydrogen-bond donors (Lipinski definition) is 0. The number of benzene rings is 2. The molecule has 0 aliphatic heterocycles. The van der Waals surface area contributed by atoms with Crippen LogP contribution in [-0.2, 0) is 6.42 Å². The molecule has 0 atom stereocenters. The van der Waals surface area contributed by atoms with Gasteiger partial charge >= 0.3 is 0 Å². The zero-order valence-corrected chi connectivity index (χ0v) is 15.7. The molecule has 0 aromatic heterocycles. The van der Waals surface area contributed by atoms with Crippen LogP contribution in [0.25, 0.3) is 12.2 Å². The highest BCUT2D eigenvalue weighted by atomic mass is 16.5. The average Bonchev–Trinajstić information content (AvgIpc) is 2.69. The minimum absolute atomic E-state index is 0.777. The fourth-order valence-electron chi connectivity index (χ4n) is 2.65. The van der Waals surface area contributed by atoms with Crippen LogP contribution >= 0.6 is 0 Å². The Kier molecular flexibility index (Phi) is 10.4. The van der Waals surface area contributed by atoms with Crippen molar-refractivity contribution in [2.75, 3.05) is 6.61 Å². The van der Waals surface area contributed by atoms with Gasteiger partial charge in [-0.15, -0.1) is 0 Å². The maximum absolute atomic E-state index is 5.97. The van der Waals surface area contributed by atoms with Crippen molar-refractivity contribution in [3.8, 4) is 5.75 Å². The van der Waals surface area contributed by atoms with Crippen molar-refractivity contribution in [3.63, 3.8) is 0 Å². The lowest BCUT2D eigenvalue weighted by molar-refractivity contribution is 0.308. The van der Waals surface area contributed by atoms with Crippen molar-refractivity contribution in [1.29, 1.82) is 0 Å². The lowest BCUT2D eigenvalue weighted by Crippen LogP contribution is -2.28. The lowest BCUT2D eigenvalue weighted by atomic mass is 10.1.